The van der Waals surface area contributed by atoms with Crippen molar-refractivity contribution in [3.05, 3.63) is 0 Å². The van der Waals surface area contributed by atoms with Crippen LogP contribution >= 0.6 is 0 Å². The molecule has 1 saturated heterocycles. The number of hydrogen-bond acceptors (Lipinski definition) is 4. The number of rotatable bonds is 6. The lowest BCUT2D eigenvalue weighted by molar-refractivity contribution is -0.140. The molecule has 0 aromatic rings. The van der Waals surface area contributed by atoms with E-state index in [0.717, 1.165) is 19.5 Å². The van der Waals surface area contributed by atoms with Crippen molar-refractivity contribution in [3.63, 3.8) is 0 Å². The maximum absolute atomic E-state index is 11.4. The molecule has 1 aliphatic heterocycles. The van der Waals surface area contributed by atoms with Crippen LogP contribution < -0.4 is 0 Å². The molecule has 0 aromatic carbocycles. The molecule has 1 fully saturated rings. The second kappa shape index (κ2) is 7.33. The normalized spacial score (nSPS) is 20.7. The molecule has 6 heteroatoms. The van der Waals surface area contributed by atoms with Crippen molar-refractivity contribution in [2.75, 3.05) is 40.4 Å². The SMILES string of the molecule is CN(C)C(=O)CCCN1CCOCC1CC(=O)O. The van der Waals surface area contributed by atoms with Gasteiger partial charge in [0.1, 0.15) is 0 Å². The summed E-state index contributed by atoms with van der Waals surface area (Å²) in [5.74, 6) is -0.696. The van der Waals surface area contributed by atoms with Crippen molar-refractivity contribution in [1.82, 2.24) is 9.80 Å². The van der Waals surface area contributed by atoms with Crippen LogP contribution in [0.1, 0.15) is 19.3 Å². The Morgan fingerprint density at radius 3 is 2.78 bits per heavy atom. The van der Waals surface area contributed by atoms with Crippen molar-refractivity contribution >= 4 is 11.9 Å². The predicted molar refractivity (Wildman–Crippen MR) is 66.4 cm³/mol. The molecule has 0 saturated carbocycles. The van der Waals surface area contributed by atoms with Gasteiger partial charge in [-0.05, 0) is 13.0 Å². The lowest BCUT2D eigenvalue weighted by atomic mass is 10.1. The lowest BCUT2D eigenvalue weighted by Gasteiger charge is -2.34. The lowest BCUT2D eigenvalue weighted by Crippen LogP contribution is -2.46. The molecule has 1 amide bonds. The summed E-state index contributed by atoms with van der Waals surface area (Å²) in [5.41, 5.74) is 0. The van der Waals surface area contributed by atoms with Crippen molar-refractivity contribution < 1.29 is 19.4 Å². The van der Waals surface area contributed by atoms with E-state index in [1.807, 2.05) is 0 Å². The Kier molecular flexibility index (Phi) is 6.07. The molecule has 0 radical (unpaired) electrons. The summed E-state index contributed by atoms with van der Waals surface area (Å²) >= 11 is 0. The second-order valence-corrected chi connectivity index (χ2v) is 4.75. The van der Waals surface area contributed by atoms with Crippen LogP contribution in [0.25, 0.3) is 0 Å². The molecule has 1 heterocycles. The number of aliphatic carboxylic acids is 1. The van der Waals surface area contributed by atoms with E-state index in [1.54, 1.807) is 19.0 Å². The first kappa shape index (κ1) is 14.9. The number of carboxylic acids is 1. The molecule has 1 aliphatic rings. The van der Waals surface area contributed by atoms with E-state index in [2.05, 4.69) is 4.90 Å². The van der Waals surface area contributed by atoms with Gasteiger partial charge in [0, 0.05) is 33.1 Å². The summed E-state index contributed by atoms with van der Waals surface area (Å²) in [6.45, 7) is 2.60. The quantitative estimate of drug-likeness (QED) is 0.728. The molecule has 0 aromatic heterocycles. The Bertz CT molecular complexity index is 294. The van der Waals surface area contributed by atoms with Crippen LogP contribution in [0.2, 0.25) is 0 Å². The van der Waals surface area contributed by atoms with E-state index in [0.29, 0.717) is 19.6 Å². The molecule has 18 heavy (non-hydrogen) atoms. The van der Waals surface area contributed by atoms with Gasteiger partial charge >= 0.3 is 5.97 Å². The molecule has 1 unspecified atom stereocenters. The standard InChI is InChI=1S/C12H22N2O4/c1-13(2)11(15)4-3-5-14-6-7-18-9-10(14)8-12(16)17/h10H,3-9H2,1-2H3,(H,16,17). The molecular formula is C12H22N2O4. The number of hydrogen-bond donors (Lipinski definition) is 1. The predicted octanol–water partition coefficient (Wildman–Crippen LogP) is 0.0303. The Morgan fingerprint density at radius 1 is 1.44 bits per heavy atom. The van der Waals surface area contributed by atoms with E-state index in [9.17, 15) is 9.59 Å². The van der Waals surface area contributed by atoms with Crippen molar-refractivity contribution in [2.24, 2.45) is 0 Å². The van der Waals surface area contributed by atoms with Crippen molar-refractivity contribution in [3.8, 4) is 0 Å². The van der Waals surface area contributed by atoms with E-state index < -0.39 is 5.97 Å². The van der Waals surface area contributed by atoms with E-state index in [4.69, 9.17) is 9.84 Å². The van der Waals surface area contributed by atoms with E-state index >= 15 is 0 Å². The number of nitrogens with zero attached hydrogens (tertiary/aromatic N) is 2. The highest BCUT2D eigenvalue weighted by molar-refractivity contribution is 5.75. The van der Waals surface area contributed by atoms with Gasteiger partial charge in [-0.1, -0.05) is 0 Å². The van der Waals surface area contributed by atoms with Crippen LogP contribution in [0.5, 0.6) is 0 Å². The topological polar surface area (TPSA) is 70.1 Å². The summed E-state index contributed by atoms with van der Waals surface area (Å²) in [5, 5.41) is 8.83. The first-order chi connectivity index (χ1) is 8.50. The smallest absolute Gasteiger partial charge is 0.305 e. The summed E-state index contributed by atoms with van der Waals surface area (Å²) in [6, 6.07) is -0.0642. The van der Waals surface area contributed by atoms with Crippen LogP contribution in [0, 0.1) is 0 Å². The Hall–Kier alpha value is -1.14. The van der Waals surface area contributed by atoms with Gasteiger partial charge in [-0.3, -0.25) is 14.5 Å². The third kappa shape index (κ3) is 5.01. The first-order valence-electron chi connectivity index (χ1n) is 6.24. The van der Waals surface area contributed by atoms with Gasteiger partial charge in [0.25, 0.3) is 0 Å². The highest BCUT2D eigenvalue weighted by Gasteiger charge is 2.24. The minimum Gasteiger partial charge on any atom is -0.481 e. The van der Waals surface area contributed by atoms with Gasteiger partial charge in [0.2, 0.25) is 5.91 Å². The van der Waals surface area contributed by atoms with Crippen LogP contribution in [0.15, 0.2) is 0 Å². The molecule has 6 nitrogen and oxygen atoms in total. The van der Waals surface area contributed by atoms with Crippen LogP contribution in [0.3, 0.4) is 0 Å². The highest BCUT2D eigenvalue weighted by Crippen LogP contribution is 2.12. The number of amides is 1. The fourth-order valence-electron chi connectivity index (χ4n) is 2.03. The maximum atomic E-state index is 11.4. The molecule has 1 N–H and O–H groups in total. The van der Waals surface area contributed by atoms with Crippen LogP contribution in [-0.4, -0.2) is 73.2 Å². The van der Waals surface area contributed by atoms with Crippen molar-refractivity contribution in [1.29, 1.82) is 0 Å². The summed E-state index contributed by atoms with van der Waals surface area (Å²) in [4.78, 5) is 25.9. The van der Waals surface area contributed by atoms with Gasteiger partial charge in [0.05, 0.1) is 19.6 Å². The Labute approximate surface area is 107 Å². The number of ether oxygens (including phenoxy) is 1. The van der Waals surface area contributed by atoms with Gasteiger partial charge in [-0.25, -0.2) is 0 Å². The van der Waals surface area contributed by atoms with Gasteiger partial charge in [-0.2, -0.15) is 0 Å². The van der Waals surface area contributed by atoms with Gasteiger partial charge in [0.15, 0.2) is 0 Å². The molecular weight excluding hydrogens is 236 g/mol. The van der Waals surface area contributed by atoms with Gasteiger partial charge in [-0.15, -0.1) is 0 Å². The minimum absolute atomic E-state index is 0.0642. The van der Waals surface area contributed by atoms with Crippen LogP contribution in [-0.2, 0) is 14.3 Å². The monoisotopic (exact) mass is 258 g/mol. The molecule has 0 aliphatic carbocycles. The zero-order chi connectivity index (χ0) is 13.5. The number of carbonyl (C=O) groups excluding carboxylic acids is 1. The molecule has 104 valence electrons. The number of carbonyl (C=O) groups is 2. The Morgan fingerprint density at radius 2 is 2.17 bits per heavy atom. The summed E-state index contributed by atoms with van der Waals surface area (Å²) in [6.07, 6.45) is 1.36. The first-order valence-corrected chi connectivity index (χ1v) is 6.24. The zero-order valence-corrected chi connectivity index (χ0v) is 11.1. The maximum Gasteiger partial charge on any atom is 0.305 e. The third-order valence-electron chi connectivity index (χ3n) is 3.09. The number of morpholine rings is 1. The summed E-state index contributed by atoms with van der Waals surface area (Å²) < 4.78 is 5.30. The molecule has 1 rings (SSSR count). The fraction of sp³-hybridized carbons (Fsp3) is 0.833. The average molecular weight is 258 g/mol. The zero-order valence-electron chi connectivity index (χ0n) is 11.1. The fourth-order valence-corrected chi connectivity index (χ4v) is 2.03. The molecule has 0 spiro atoms. The summed E-state index contributed by atoms with van der Waals surface area (Å²) in [7, 11) is 3.48. The molecule has 1 atom stereocenters. The second-order valence-electron chi connectivity index (χ2n) is 4.75. The minimum atomic E-state index is -0.806. The van der Waals surface area contributed by atoms with Crippen LogP contribution in [0.4, 0.5) is 0 Å². The number of carboxylic acid groups (broad SMARTS) is 1. The largest absolute Gasteiger partial charge is 0.481 e. The highest BCUT2D eigenvalue weighted by atomic mass is 16.5. The van der Waals surface area contributed by atoms with Gasteiger partial charge < -0.3 is 14.7 Å². The van der Waals surface area contributed by atoms with E-state index in [1.165, 1.54) is 0 Å². The van der Waals surface area contributed by atoms with Crippen molar-refractivity contribution in [2.45, 2.75) is 25.3 Å². The molecule has 0 bridgehead atoms. The third-order valence-corrected chi connectivity index (χ3v) is 3.09. The average Bonchev–Trinajstić information content (AvgIpc) is 2.30. The van der Waals surface area contributed by atoms with E-state index in [-0.39, 0.29) is 18.4 Å². The Balaban J connectivity index is 2.33.